The summed E-state index contributed by atoms with van der Waals surface area (Å²) >= 11 is 6.26. The molecule has 3 fully saturated rings. The molecule has 8 nitrogen and oxygen atoms in total. The summed E-state index contributed by atoms with van der Waals surface area (Å²) in [5.41, 5.74) is -1.52. The number of carbonyl (C=O) groups excluding carboxylic acids is 3. The van der Waals surface area contributed by atoms with Gasteiger partial charge in [0.1, 0.15) is 11.6 Å². The number of likely N-dealkylation sites (tertiary alicyclic amines) is 1. The lowest BCUT2D eigenvalue weighted by molar-refractivity contribution is -0.148. The molecule has 2 bridgehead atoms. The van der Waals surface area contributed by atoms with Crippen LogP contribution in [-0.2, 0) is 19.1 Å². The number of aliphatic hydroxyl groups excluding tert-OH is 1. The molecule has 0 aliphatic carbocycles. The second kappa shape index (κ2) is 8.89. The van der Waals surface area contributed by atoms with Gasteiger partial charge in [-0.3, -0.25) is 14.4 Å². The van der Waals surface area contributed by atoms with Gasteiger partial charge in [0.15, 0.2) is 0 Å². The first kappa shape index (κ1) is 24.0. The standard InChI is InChI=1S/C24H32ClN3O5/c1-4-12-26-20(30)17-18-22(32)28(14(5-2)13-29)19(24(18)11-10-23(17,3)33-24)21(31)27-16-9-7-6-8-15(16)25/h6-9,14,17-19,29H,4-5,10-13H2,1-3H3,(H,26,30)(H,27,31)/t14-,17-,18-,19?,23+,24?/m0/s1. The number of nitrogens with zero attached hydrogens (tertiary/aromatic N) is 1. The molecule has 1 aromatic carbocycles. The van der Waals surface area contributed by atoms with Gasteiger partial charge in [-0.25, -0.2) is 0 Å². The number of halogens is 1. The van der Waals surface area contributed by atoms with Crippen molar-refractivity contribution in [3.63, 3.8) is 0 Å². The molecule has 3 amide bonds. The second-order valence-electron chi connectivity index (χ2n) is 9.48. The number of aliphatic hydroxyl groups is 1. The lowest BCUT2D eigenvalue weighted by Crippen LogP contribution is -2.56. The number of hydrogen-bond donors (Lipinski definition) is 3. The fraction of sp³-hybridized carbons (Fsp3) is 0.625. The highest BCUT2D eigenvalue weighted by Gasteiger charge is 2.78. The number of anilines is 1. The minimum absolute atomic E-state index is 0.219. The maximum absolute atomic E-state index is 13.8. The zero-order chi connectivity index (χ0) is 24.0. The molecule has 3 aliphatic rings. The Balaban J connectivity index is 1.76. The van der Waals surface area contributed by atoms with E-state index in [4.69, 9.17) is 16.3 Å². The van der Waals surface area contributed by atoms with Crippen LogP contribution in [0.15, 0.2) is 24.3 Å². The normalized spacial score (nSPS) is 33.2. The first-order valence-electron chi connectivity index (χ1n) is 11.7. The molecule has 33 heavy (non-hydrogen) atoms. The average Bonchev–Trinajstić information content (AvgIpc) is 3.36. The van der Waals surface area contributed by atoms with E-state index in [1.165, 1.54) is 4.90 Å². The molecule has 3 saturated heterocycles. The molecular formula is C24H32ClN3O5. The van der Waals surface area contributed by atoms with Crippen LogP contribution in [0.4, 0.5) is 5.69 Å². The highest BCUT2D eigenvalue weighted by atomic mass is 35.5. The summed E-state index contributed by atoms with van der Waals surface area (Å²) in [4.78, 5) is 42.2. The fourth-order valence-electron chi connectivity index (χ4n) is 5.99. The summed E-state index contributed by atoms with van der Waals surface area (Å²) in [6.07, 6.45) is 2.29. The van der Waals surface area contributed by atoms with Gasteiger partial charge in [0.05, 0.1) is 40.8 Å². The van der Waals surface area contributed by atoms with Crippen LogP contribution in [0.2, 0.25) is 5.02 Å². The Hall–Kier alpha value is -2.16. The lowest BCUT2D eigenvalue weighted by Gasteiger charge is -2.36. The topological polar surface area (TPSA) is 108 Å². The highest BCUT2D eigenvalue weighted by molar-refractivity contribution is 6.33. The number of benzene rings is 1. The smallest absolute Gasteiger partial charge is 0.250 e. The molecule has 0 aromatic heterocycles. The summed E-state index contributed by atoms with van der Waals surface area (Å²) in [5, 5.41) is 16.2. The minimum Gasteiger partial charge on any atom is -0.394 e. The van der Waals surface area contributed by atoms with E-state index in [9.17, 15) is 19.5 Å². The predicted molar refractivity (Wildman–Crippen MR) is 124 cm³/mol. The molecule has 6 atom stereocenters. The van der Waals surface area contributed by atoms with E-state index in [0.29, 0.717) is 36.5 Å². The number of fused-ring (bicyclic) bond motifs is 1. The van der Waals surface area contributed by atoms with E-state index in [1.54, 1.807) is 24.3 Å². The Morgan fingerprint density at radius 3 is 2.64 bits per heavy atom. The van der Waals surface area contributed by atoms with Crippen molar-refractivity contribution in [2.45, 2.75) is 69.7 Å². The van der Waals surface area contributed by atoms with Gasteiger partial charge in [-0.2, -0.15) is 0 Å². The van der Waals surface area contributed by atoms with Crippen LogP contribution in [0.5, 0.6) is 0 Å². The SMILES string of the molecule is CCCNC(=O)[C@@H]1[C@H]2C(=O)N([C@@H](CC)CO)C(C(=O)Nc3ccccc3Cl)C23CC[C@@]1(C)O3. The first-order chi connectivity index (χ1) is 15.7. The van der Waals surface area contributed by atoms with E-state index < -0.39 is 41.0 Å². The van der Waals surface area contributed by atoms with Crippen LogP contribution in [-0.4, -0.2) is 64.2 Å². The molecule has 0 saturated carbocycles. The summed E-state index contributed by atoms with van der Waals surface area (Å²) in [6, 6.07) is 5.35. The number of amides is 3. The molecule has 4 rings (SSSR count). The van der Waals surface area contributed by atoms with Gasteiger partial charge in [0, 0.05) is 6.54 Å². The van der Waals surface area contributed by atoms with Crippen LogP contribution in [0, 0.1) is 11.8 Å². The Labute approximate surface area is 199 Å². The van der Waals surface area contributed by atoms with Crippen molar-refractivity contribution in [2.24, 2.45) is 11.8 Å². The third kappa shape index (κ3) is 3.63. The molecule has 3 heterocycles. The van der Waals surface area contributed by atoms with E-state index >= 15 is 0 Å². The van der Waals surface area contributed by atoms with Gasteiger partial charge in [-0.05, 0) is 44.7 Å². The van der Waals surface area contributed by atoms with E-state index in [-0.39, 0.29) is 18.4 Å². The first-order valence-corrected chi connectivity index (χ1v) is 12.1. The zero-order valence-electron chi connectivity index (χ0n) is 19.3. The number of nitrogens with one attached hydrogen (secondary N) is 2. The molecule has 3 N–H and O–H groups in total. The number of rotatable bonds is 8. The summed E-state index contributed by atoms with van der Waals surface area (Å²) in [6.45, 7) is 5.90. The van der Waals surface area contributed by atoms with Crippen molar-refractivity contribution in [3.05, 3.63) is 29.3 Å². The number of carbonyl (C=O) groups is 3. The van der Waals surface area contributed by atoms with Gasteiger partial charge < -0.3 is 25.4 Å². The Morgan fingerprint density at radius 1 is 1.27 bits per heavy atom. The van der Waals surface area contributed by atoms with Crippen LogP contribution in [0.25, 0.3) is 0 Å². The maximum Gasteiger partial charge on any atom is 0.250 e. The third-order valence-electron chi connectivity index (χ3n) is 7.50. The van der Waals surface area contributed by atoms with Gasteiger partial charge in [0.2, 0.25) is 17.7 Å². The molecule has 3 aliphatic heterocycles. The van der Waals surface area contributed by atoms with Gasteiger partial charge in [-0.15, -0.1) is 0 Å². The molecule has 180 valence electrons. The van der Waals surface area contributed by atoms with Crippen LogP contribution < -0.4 is 10.6 Å². The molecule has 1 spiro atoms. The van der Waals surface area contributed by atoms with Gasteiger partial charge >= 0.3 is 0 Å². The number of ether oxygens (including phenoxy) is 1. The van der Waals surface area contributed by atoms with E-state index in [1.807, 2.05) is 20.8 Å². The van der Waals surface area contributed by atoms with Crippen LogP contribution in [0.1, 0.15) is 46.5 Å². The molecular weight excluding hydrogens is 446 g/mol. The minimum atomic E-state index is -1.13. The summed E-state index contributed by atoms with van der Waals surface area (Å²) < 4.78 is 6.53. The maximum atomic E-state index is 13.8. The molecule has 1 aromatic rings. The zero-order valence-corrected chi connectivity index (χ0v) is 20.0. The number of hydrogen-bond acceptors (Lipinski definition) is 5. The van der Waals surface area contributed by atoms with Gasteiger partial charge in [-0.1, -0.05) is 37.6 Å². The monoisotopic (exact) mass is 477 g/mol. The quantitative estimate of drug-likeness (QED) is 0.532. The van der Waals surface area contributed by atoms with Crippen molar-refractivity contribution < 1.29 is 24.2 Å². The Morgan fingerprint density at radius 2 is 2.00 bits per heavy atom. The van der Waals surface area contributed by atoms with Crippen LogP contribution >= 0.6 is 11.6 Å². The average molecular weight is 478 g/mol. The van der Waals surface area contributed by atoms with Crippen molar-refractivity contribution >= 4 is 35.0 Å². The van der Waals surface area contributed by atoms with E-state index in [0.717, 1.165) is 6.42 Å². The third-order valence-corrected chi connectivity index (χ3v) is 7.83. The van der Waals surface area contributed by atoms with Crippen LogP contribution in [0.3, 0.4) is 0 Å². The fourth-order valence-corrected chi connectivity index (χ4v) is 6.18. The molecule has 0 radical (unpaired) electrons. The van der Waals surface area contributed by atoms with Crippen molar-refractivity contribution in [1.29, 1.82) is 0 Å². The van der Waals surface area contributed by atoms with Crippen molar-refractivity contribution in [2.75, 3.05) is 18.5 Å². The molecule has 2 unspecified atom stereocenters. The predicted octanol–water partition coefficient (Wildman–Crippen LogP) is 2.34. The van der Waals surface area contributed by atoms with Crippen molar-refractivity contribution in [3.8, 4) is 0 Å². The largest absolute Gasteiger partial charge is 0.394 e. The summed E-state index contributed by atoms with van der Waals surface area (Å²) in [7, 11) is 0. The lowest BCUT2D eigenvalue weighted by atomic mass is 9.66. The Bertz CT molecular complexity index is 954. The van der Waals surface area contributed by atoms with Crippen molar-refractivity contribution in [1.82, 2.24) is 10.2 Å². The van der Waals surface area contributed by atoms with E-state index in [2.05, 4.69) is 10.6 Å². The summed E-state index contributed by atoms with van der Waals surface area (Å²) in [5.74, 6) is -2.43. The second-order valence-corrected chi connectivity index (χ2v) is 9.89. The molecule has 9 heteroatoms. The highest BCUT2D eigenvalue weighted by Crippen LogP contribution is 2.63. The number of para-hydroxylation sites is 1. The van der Waals surface area contributed by atoms with Gasteiger partial charge in [0.25, 0.3) is 0 Å². The Kier molecular flexibility index (Phi) is 6.46.